The van der Waals surface area contributed by atoms with Crippen molar-refractivity contribution >= 4 is 11.9 Å². The Balaban J connectivity index is 2.33. The minimum Gasteiger partial charge on any atom is -0.507 e. The van der Waals surface area contributed by atoms with E-state index in [2.05, 4.69) is 24.9 Å². The van der Waals surface area contributed by atoms with Gasteiger partial charge < -0.3 is 5.11 Å². The van der Waals surface area contributed by atoms with Gasteiger partial charge in [0.15, 0.2) is 0 Å². The molecular formula is C16H17NO. The van der Waals surface area contributed by atoms with Crippen molar-refractivity contribution in [3.63, 3.8) is 0 Å². The molecule has 2 aromatic carbocycles. The molecule has 0 spiro atoms. The second kappa shape index (κ2) is 5.05. The summed E-state index contributed by atoms with van der Waals surface area (Å²) < 4.78 is 0. The SMILES string of the molecule is Cc1cc(C)cc(N=Cc2cccc(C)c2O)c1. The number of hydrogen-bond acceptors (Lipinski definition) is 2. The summed E-state index contributed by atoms with van der Waals surface area (Å²) in [5.74, 6) is 0.297. The van der Waals surface area contributed by atoms with Gasteiger partial charge in [-0.25, -0.2) is 0 Å². The second-order valence-corrected chi connectivity index (χ2v) is 4.62. The number of aliphatic imine (C=N–C) groups is 1. The number of phenols is 1. The van der Waals surface area contributed by atoms with E-state index in [9.17, 15) is 5.11 Å². The lowest BCUT2D eigenvalue weighted by atomic mass is 10.1. The molecule has 0 aliphatic rings. The Labute approximate surface area is 108 Å². The third-order valence-electron chi connectivity index (χ3n) is 2.83. The van der Waals surface area contributed by atoms with Crippen molar-refractivity contribution in [1.82, 2.24) is 0 Å². The van der Waals surface area contributed by atoms with E-state index in [0.29, 0.717) is 5.75 Å². The Morgan fingerprint density at radius 1 is 1.00 bits per heavy atom. The van der Waals surface area contributed by atoms with Crippen molar-refractivity contribution in [3.8, 4) is 5.75 Å². The maximum atomic E-state index is 9.89. The van der Waals surface area contributed by atoms with Gasteiger partial charge in [0, 0.05) is 11.8 Å². The van der Waals surface area contributed by atoms with Gasteiger partial charge in [0.2, 0.25) is 0 Å². The quantitative estimate of drug-likeness (QED) is 0.787. The van der Waals surface area contributed by atoms with Crippen LogP contribution < -0.4 is 0 Å². The molecule has 2 heteroatoms. The summed E-state index contributed by atoms with van der Waals surface area (Å²) in [4.78, 5) is 4.42. The van der Waals surface area contributed by atoms with E-state index in [1.54, 1.807) is 6.21 Å². The van der Waals surface area contributed by atoms with Gasteiger partial charge in [0.05, 0.1) is 5.69 Å². The number of nitrogens with zero attached hydrogens (tertiary/aromatic N) is 1. The molecule has 1 N–H and O–H groups in total. The third-order valence-corrected chi connectivity index (χ3v) is 2.83. The van der Waals surface area contributed by atoms with Gasteiger partial charge in [-0.15, -0.1) is 0 Å². The Hall–Kier alpha value is -2.09. The first kappa shape index (κ1) is 12.4. The highest BCUT2D eigenvalue weighted by atomic mass is 16.3. The molecular weight excluding hydrogens is 222 g/mol. The Morgan fingerprint density at radius 3 is 2.33 bits per heavy atom. The Bertz CT molecular complexity index is 580. The highest BCUT2D eigenvalue weighted by Crippen LogP contribution is 2.21. The number of aromatic hydroxyl groups is 1. The zero-order valence-electron chi connectivity index (χ0n) is 10.9. The van der Waals surface area contributed by atoms with E-state index < -0.39 is 0 Å². The Kier molecular flexibility index (Phi) is 3.47. The highest BCUT2D eigenvalue weighted by Gasteiger charge is 2.00. The summed E-state index contributed by atoms with van der Waals surface area (Å²) in [5.41, 5.74) is 4.90. The zero-order chi connectivity index (χ0) is 13.1. The lowest BCUT2D eigenvalue weighted by molar-refractivity contribution is 0.470. The molecule has 2 aromatic rings. The summed E-state index contributed by atoms with van der Waals surface area (Å²) in [6, 6.07) is 11.8. The number of aryl methyl sites for hydroxylation is 3. The van der Waals surface area contributed by atoms with E-state index in [1.165, 1.54) is 11.1 Å². The lowest BCUT2D eigenvalue weighted by Crippen LogP contribution is -1.85. The third kappa shape index (κ3) is 2.77. The van der Waals surface area contributed by atoms with Crippen LogP contribution in [0.2, 0.25) is 0 Å². The average Bonchev–Trinajstić information content (AvgIpc) is 2.30. The van der Waals surface area contributed by atoms with Gasteiger partial charge in [-0.1, -0.05) is 18.2 Å². The van der Waals surface area contributed by atoms with Crippen LogP contribution in [0.4, 0.5) is 5.69 Å². The molecule has 0 bridgehead atoms. The van der Waals surface area contributed by atoms with E-state index >= 15 is 0 Å². The molecule has 0 aliphatic heterocycles. The molecule has 0 unspecified atom stereocenters. The van der Waals surface area contributed by atoms with Crippen LogP contribution in [0.5, 0.6) is 5.75 Å². The predicted octanol–water partition coefficient (Wildman–Crippen LogP) is 4.07. The van der Waals surface area contributed by atoms with Gasteiger partial charge >= 0.3 is 0 Å². The molecule has 92 valence electrons. The van der Waals surface area contributed by atoms with Gasteiger partial charge in [-0.3, -0.25) is 4.99 Å². The molecule has 0 amide bonds. The smallest absolute Gasteiger partial charge is 0.127 e. The minimum atomic E-state index is 0.297. The summed E-state index contributed by atoms with van der Waals surface area (Å²) in [6.45, 7) is 5.98. The largest absolute Gasteiger partial charge is 0.507 e. The first-order chi connectivity index (χ1) is 8.56. The van der Waals surface area contributed by atoms with E-state index in [1.807, 2.05) is 37.3 Å². The highest BCUT2D eigenvalue weighted by molar-refractivity contribution is 5.85. The molecule has 18 heavy (non-hydrogen) atoms. The lowest BCUT2D eigenvalue weighted by Gasteiger charge is -2.02. The summed E-state index contributed by atoms with van der Waals surface area (Å²) >= 11 is 0. The molecule has 2 rings (SSSR count). The normalized spacial score (nSPS) is 11.1. The topological polar surface area (TPSA) is 32.6 Å². The molecule has 0 atom stereocenters. The van der Waals surface area contributed by atoms with Crippen molar-refractivity contribution in [3.05, 3.63) is 58.7 Å². The van der Waals surface area contributed by atoms with Crippen LogP contribution in [-0.2, 0) is 0 Å². The fourth-order valence-electron chi connectivity index (χ4n) is 1.96. The molecule has 2 nitrogen and oxygen atoms in total. The predicted molar refractivity (Wildman–Crippen MR) is 76.0 cm³/mol. The molecule has 0 aliphatic carbocycles. The average molecular weight is 239 g/mol. The van der Waals surface area contributed by atoms with Crippen LogP contribution in [0.15, 0.2) is 41.4 Å². The standard InChI is InChI=1S/C16H17NO/c1-11-7-12(2)9-15(8-11)17-10-14-6-4-5-13(3)16(14)18/h4-10,18H,1-3H3. The van der Waals surface area contributed by atoms with Crippen molar-refractivity contribution in [2.45, 2.75) is 20.8 Å². The minimum absolute atomic E-state index is 0.297. The van der Waals surface area contributed by atoms with Crippen LogP contribution in [0.3, 0.4) is 0 Å². The summed E-state index contributed by atoms with van der Waals surface area (Å²) in [6.07, 6.45) is 1.70. The second-order valence-electron chi connectivity index (χ2n) is 4.62. The van der Waals surface area contributed by atoms with Gasteiger partial charge in [0.1, 0.15) is 5.75 Å². The summed E-state index contributed by atoms with van der Waals surface area (Å²) in [5, 5.41) is 9.89. The van der Waals surface area contributed by atoms with Crippen molar-refractivity contribution < 1.29 is 5.11 Å². The van der Waals surface area contributed by atoms with Crippen molar-refractivity contribution in [2.24, 2.45) is 4.99 Å². The molecule has 0 saturated heterocycles. The number of phenolic OH excluding ortho intramolecular Hbond substituents is 1. The number of benzene rings is 2. The maximum absolute atomic E-state index is 9.89. The number of para-hydroxylation sites is 1. The molecule has 0 saturated carbocycles. The maximum Gasteiger partial charge on any atom is 0.127 e. The first-order valence-electron chi connectivity index (χ1n) is 5.97. The van der Waals surface area contributed by atoms with Crippen molar-refractivity contribution in [1.29, 1.82) is 0 Å². The van der Waals surface area contributed by atoms with E-state index in [-0.39, 0.29) is 0 Å². The number of hydrogen-bond donors (Lipinski definition) is 1. The van der Waals surface area contributed by atoms with Gasteiger partial charge in [-0.05, 0) is 55.7 Å². The van der Waals surface area contributed by atoms with Crippen molar-refractivity contribution in [2.75, 3.05) is 0 Å². The van der Waals surface area contributed by atoms with Crippen LogP contribution in [-0.4, -0.2) is 11.3 Å². The van der Waals surface area contributed by atoms with Gasteiger partial charge in [-0.2, -0.15) is 0 Å². The molecule has 0 radical (unpaired) electrons. The fourth-order valence-corrected chi connectivity index (χ4v) is 1.96. The van der Waals surface area contributed by atoms with Gasteiger partial charge in [0.25, 0.3) is 0 Å². The number of rotatable bonds is 2. The first-order valence-corrected chi connectivity index (χ1v) is 5.97. The van der Waals surface area contributed by atoms with E-state index in [4.69, 9.17) is 0 Å². The van der Waals surface area contributed by atoms with E-state index in [0.717, 1.165) is 16.8 Å². The molecule has 0 aromatic heterocycles. The van der Waals surface area contributed by atoms with Crippen LogP contribution in [0, 0.1) is 20.8 Å². The fraction of sp³-hybridized carbons (Fsp3) is 0.188. The molecule has 0 fully saturated rings. The van der Waals surface area contributed by atoms with Crippen LogP contribution >= 0.6 is 0 Å². The Morgan fingerprint density at radius 2 is 1.67 bits per heavy atom. The summed E-state index contributed by atoms with van der Waals surface area (Å²) in [7, 11) is 0. The molecule has 0 heterocycles. The monoisotopic (exact) mass is 239 g/mol. The van der Waals surface area contributed by atoms with Crippen LogP contribution in [0.25, 0.3) is 0 Å². The van der Waals surface area contributed by atoms with Crippen LogP contribution in [0.1, 0.15) is 22.3 Å². The zero-order valence-corrected chi connectivity index (χ0v) is 10.9.